The highest BCUT2D eigenvalue weighted by Crippen LogP contribution is 2.13. The van der Waals surface area contributed by atoms with Crippen molar-refractivity contribution in [3.8, 4) is 11.3 Å². The summed E-state index contributed by atoms with van der Waals surface area (Å²) in [6, 6.07) is 1.54. The maximum Gasteiger partial charge on any atom is 0.327 e. The first-order valence-corrected chi connectivity index (χ1v) is 5.31. The first-order valence-electron chi connectivity index (χ1n) is 5.31. The number of fused-ring (bicyclic) bond motifs is 1. The highest BCUT2D eigenvalue weighted by atomic mass is 16.2. The molecule has 3 rings (SSSR count). The number of imidazole rings is 1. The summed E-state index contributed by atoms with van der Waals surface area (Å²) in [4.78, 5) is 41.0. The third kappa shape index (κ3) is 1.68. The molecule has 3 N–H and O–H groups in total. The molecule has 0 saturated carbocycles. The second-order valence-electron chi connectivity index (χ2n) is 3.94. The lowest BCUT2D eigenvalue weighted by Gasteiger charge is -1.98. The minimum atomic E-state index is -0.600. The van der Waals surface area contributed by atoms with Gasteiger partial charge in [-0.15, -0.1) is 10.2 Å². The molecule has 0 atom stereocenters. The minimum Gasteiger partial charge on any atom is -0.313 e. The molecule has 0 aromatic carbocycles. The van der Waals surface area contributed by atoms with Crippen LogP contribution in [0.1, 0.15) is 0 Å². The van der Waals surface area contributed by atoms with Crippen LogP contribution in [-0.4, -0.2) is 29.7 Å². The molecular formula is C10H8N6O3. The maximum absolute atomic E-state index is 11.6. The predicted octanol–water partition coefficient (Wildman–Crippen LogP) is -1.30. The van der Waals surface area contributed by atoms with E-state index in [4.69, 9.17) is 0 Å². The van der Waals surface area contributed by atoms with E-state index in [-0.39, 0.29) is 16.9 Å². The van der Waals surface area contributed by atoms with Gasteiger partial charge in [0.05, 0.1) is 11.1 Å². The van der Waals surface area contributed by atoms with Crippen molar-refractivity contribution >= 4 is 11.2 Å². The van der Waals surface area contributed by atoms with Crippen molar-refractivity contribution in [2.24, 2.45) is 7.05 Å². The molecule has 0 unspecified atom stereocenters. The fourth-order valence-electron chi connectivity index (χ4n) is 1.75. The summed E-state index contributed by atoms with van der Waals surface area (Å²) >= 11 is 0. The Morgan fingerprint density at radius 3 is 2.68 bits per heavy atom. The van der Waals surface area contributed by atoms with Gasteiger partial charge in [0.15, 0.2) is 5.65 Å². The Balaban J connectivity index is 2.31. The van der Waals surface area contributed by atoms with Gasteiger partial charge in [-0.3, -0.25) is 19.3 Å². The monoisotopic (exact) mass is 260 g/mol. The van der Waals surface area contributed by atoms with Crippen molar-refractivity contribution in [3.05, 3.63) is 43.6 Å². The molecule has 3 aromatic heterocycles. The molecule has 19 heavy (non-hydrogen) atoms. The van der Waals surface area contributed by atoms with Gasteiger partial charge < -0.3 is 4.98 Å². The van der Waals surface area contributed by atoms with Gasteiger partial charge in [0.1, 0.15) is 5.69 Å². The number of aromatic amines is 3. The first-order chi connectivity index (χ1) is 9.06. The number of H-pyrrole nitrogens is 3. The van der Waals surface area contributed by atoms with Gasteiger partial charge >= 0.3 is 11.4 Å². The van der Waals surface area contributed by atoms with E-state index in [0.29, 0.717) is 11.2 Å². The molecule has 0 bridgehead atoms. The van der Waals surface area contributed by atoms with Crippen LogP contribution in [0.15, 0.2) is 26.6 Å². The first kappa shape index (κ1) is 11.1. The van der Waals surface area contributed by atoms with Gasteiger partial charge in [-0.2, -0.15) is 0 Å². The zero-order valence-electron chi connectivity index (χ0n) is 9.72. The molecule has 3 heterocycles. The van der Waals surface area contributed by atoms with Crippen LogP contribution in [0.4, 0.5) is 0 Å². The van der Waals surface area contributed by atoms with E-state index < -0.39 is 11.2 Å². The second kappa shape index (κ2) is 3.77. The molecule has 3 aromatic rings. The summed E-state index contributed by atoms with van der Waals surface area (Å²) in [6.45, 7) is 0. The number of rotatable bonds is 1. The van der Waals surface area contributed by atoms with Gasteiger partial charge in [-0.05, 0) is 6.07 Å². The lowest BCUT2D eigenvalue weighted by molar-refractivity contribution is 0.891. The molecule has 96 valence electrons. The summed E-state index contributed by atoms with van der Waals surface area (Å²) in [5, 5.41) is 7.68. The summed E-state index contributed by atoms with van der Waals surface area (Å²) in [7, 11) is 1.57. The molecule has 0 amide bonds. The Bertz CT molecular complexity index is 944. The van der Waals surface area contributed by atoms with E-state index in [1.165, 1.54) is 10.8 Å². The van der Waals surface area contributed by atoms with Gasteiger partial charge in [0.2, 0.25) is 0 Å². The summed E-state index contributed by atoms with van der Waals surface area (Å²) in [5.74, 6) is 0. The van der Waals surface area contributed by atoms with E-state index in [1.54, 1.807) is 13.1 Å². The Labute approximate surface area is 104 Å². The van der Waals surface area contributed by atoms with Crippen molar-refractivity contribution in [3.63, 3.8) is 0 Å². The summed E-state index contributed by atoms with van der Waals surface area (Å²) < 4.78 is 1.35. The molecule has 0 aliphatic rings. The average Bonchev–Trinajstić information content (AvgIpc) is 2.65. The predicted molar refractivity (Wildman–Crippen MR) is 65.8 cm³/mol. The Morgan fingerprint density at radius 2 is 1.95 bits per heavy atom. The van der Waals surface area contributed by atoms with E-state index in [1.807, 2.05) is 0 Å². The highest BCUT2D eigenvalue weighted by molar-refractivity contribution is 5.75. The SMILES string of the molecule is Cn1c(=O)[nH]c2nnc(-c3c[nH]c(=O)[nH]c3=O)cc21. The number of nitrogens with one attached hydrogen (secondary N) is 3. The third-order valence-corrected chi connectivity index (χ3v) is 2.76. The van der Waals surface area contributed by atoms with Crippen molar-refractivity contribution in [2.45, 2.75) is 0 Å². The number of nitrogens with zero attached hydrogens (tertiary/aromatic N) is 3. The van der Waals surface area contributed by atoms with Crippen molar-refractivity contribution in [1.82, 2.24) is 29.7 Å². The number of aryl methyl sites for hydroxylation is 1. The van der Waals surface area contributed by atoms with E-state index in [9.17, 15) is 14.4 Å². The molecule has 0 spiro atoms. The van der Waals surface area contributed by atoms with Crippen LogP contribution in [-0.2, 0) is 7.05 Å². The normalized spacial score (nSPS) is 11.0. The molecule has 9 heteroatoms. The average molecular weight is 260 g/mol. The fourth-order valence-corrected chi connectivity index (χ4v) is 1.75. The van der Waals surface area contributed by atoms with Gasteiger partial charge in [-0.25, -0.2) is 9.59 Å². The standard InChI is InChI=1S/C10H8N6O3/c1-16-6-2-5(14-15-7(6)12-10(16)19)4-3-11-9(18)13-8(4)17/h2-3H,1H3,(H,12,15,19)(H2,11,13,17,18). The maximum atomic E-state index is 11.6. The van der Waals surface area contributed by atoms with Gasteiger partial charge in [-0.1, -0.05) is 0 Å². The molecule has 0 saturated heterocycles. The van der Waals surface area contributed by atoms with E-state index in [0.717, 1.165) is 0 Å². The number of aromatic nitrogens is 6. The molecule has 0 aliphatic heterocycles. The van der Waals surface area contributed by atoms with Gasteiger partial charge in [0, 0.05) is 13.2 Å². The number of hydrogen-bond donors (Lipinski definition) is 3. The van der Waals surface area contributed by atoms with E-state index >= 15 is 0 Å². The molecule has 0 radical (unpaired) electrons. The second-order valence-corrected chi connectivity index (χ2v) is 3.94. The van der Waals surface area contributed by atoms with Crippen LogP contribution in [0, 0.1) is 0 Å². The zero-order valence-corrected chi connectivity index (χ0v) is 9.72. The lowest BCUT2D eigenvalue weighted by Crippen LogP contribution is -2.22. The fraction of sp³-hybridized carbons (Fsp3) is 0.100. The third-order valence-electron chi connectivity index (χ3n) is 2.76. The summed E-state index contributed by atoms with van der Waals surface area (Å²) in [5.41, 5.74) is -0.216. The molecular weight excluding hydrogens is 252 g/mol. The largest absolute Gasteiger partial charge is 0.327 e. The quantitative estimate of drug-likeness (QED) is 0.500. The van der Waals surface area contributed by atoms with Crippen LogP contribution in [0.3, 0.4) is 0 Å². The highest BCUT2D eigenvalue weighted by Gasteiger charge is 2.10. The Kier molecular flexibility index (Phi) is 2.21. The summed E-state index contributed by atoms with van der Waals surface area (Å²) in [6.07, 6.45) is 1.25. The van der Waals surface area contributed by atoms with Crippen LogP contribution < -0.4 is 16.9 Å². The van der Waals surface area contributed by atoms with E-state index in [2.05, 4.69) is 25.1 Å². The van der Waals surface area contributed by atoms with Crippen molar-refractivity contribution in [1.29, 1.82) is 0 Å². The van der Waals surface area contributed by atoms with Crippen molar-refractivity contribution in [2.75, 3.05) is 0 Å². The number of hydrogen-bond acceptors (Lipinski definition) is 5. The molecule has 0 aliphatic carbocycles. The molecule has 9 nitrogen and oxygen atoms in total. The van der Waals surface area contributed by atoms with Gasteiger partial charge in [0.25, 0.3) is 5.56 Å². The zero-order chi connectivity index (χ0) is 13.6. The Morgan fingerprint density at radius 1 is 1.16 bits per heavy atom. The van der Waals surface area contributed by atoms with Crippen LogP contribution in [0.25, 0.3) is 22.4 Å². The van der Waals surface area contributed by atoms with Crippen molar-refractivity contribution < 1.29 is 0 Å². The lowest BCUT2D eigenvalue weighted by atomic mass is 10.2. The van der Waals surface area contributed by atoms with Crippen LogP contribution >= 0.6 is 0 Å². The van der Waals surface area contributed by atoms with Crippen LogP contribution in [0.5, 0.6) is 0 Å². The topological polar surface area (TPSA) is 129 Å². The Hall–Kier alpha value is -2.97. The minimum absolute atomic E-state index is 0.169. The van der Waals surface area contributed by atoms with Crippen LogP contribution in [0.2, 0.25) is 0 Å². The molecule has 0 fully saturated rings. The smallest absolute Gasteiger partial charge is 0.313 e.